The van der Waals surface area contributed by atoms with E-state index in [0.29, 0.717) is 16.7 Å². The number of anilines is 1. The fourth-order valence-corrected chi connectivity index (χ4v) is 1.44. The molecule has 0 fully saturated rings. The van der Waals surface area contributed by atoms with E-state index in [4.69, 9.17) is 17.3 Å². The second-order valence-electron chi connectivity index (χ2n) is 2.62. The lowest BCUT2D eigenvalue weighted by Crippen LogP contribution is -2.07. The molecular weight excluding hydrogens is 190 g/mol. The molecule has 0 bridgehead atoms. The topological polar surface area (TPSA) is 61.7 Å². The maximum atomic E-state index is 5.94. The fourth-order valence-electron chi connectivity index (χ4n) is 1.13. The van der Waals surface area contributed by atoms with Crippen molar-refractivity contribution in [3.8, 4) is 5.82 Å². The molecule has 0 aliphatic heterocycles. The van der Waals surface area contributed by atoms with Crippen LogP contribution in [0.5, 0.6) is 0 Å². The van der Waals surface area contributed by atoms with Crippen molar-refractivity contribution in [1.82, 2.24) is 19.6 Å². The summed E-state index contributed by atoms with van der Waals surface area (Å²) >= 11 is 5.94. The third-order valence-corrected chi connectivity index (χ3v) is 2.08. The van der Waals surface area contributed by atoms with Gasteiger partial charge in [0.2, 0.25) is 0 Å². The van der Waals surface area contributed by atoms with E-state index in [-0.39, 0.29) is 0 Å². The Labute approximate surface area is 79.7 Å². The minimum Gasteiger partial charge on any atom is -0.385 e. The van der Waals surface area contributed by atoms with Crippen LogP contribution in [0.15, 0.2) is 18.5 Å². The van der Waals surface area contributed by atoms with Gasteiger partial charge in [-0.2, -0.15) is 10.2 Å². The molecular formula is C7H8ClN5. The minimum absolute atomic E-state index is 0.538. The quantitative estimate of drug-likeness (QED) is 0.737. The minimum atomic E-state index is 0.538. The van der Waals surface area contributed by atoms with Gasteiger partial charge in [-0.25, -0.2) is 0 Å². The van der Waals surface area contributed by atoms with Gasteiger partial charge in [-0.05, 0) is 0 Å². The summed E-state index contributed by atoms with van der Waals surface area (Å²) in [6.07, 6.45) is 3.17. The van der Waals surface area contributed by atoms with Crippen molar-refractivity contribution in [3.63, 3.8) is 0 Å². The molecule has 13 heavy (non-hydrogen) atoms. The predicted molar refractivity (Wildman–Crippen MR) is 49.8 cm³/mol. The molecule has 2 heterocycles. The average molecular weight is 198 g/mol. The molecule has 0 atom stereocenters. The van der Waals surface area contributed by atoms with Crippen LogP contribution in [-0.2, 0) is 7.05 Å². The second-order valence-corrected chi connectivity index (χ2v) is 3.03. The number of nitrogens with zero attached hydrogens (tertiary/aromatic N) is 4. The molecule has 0 unspecified atom stereocenters. The molecule has 0 aliphatic rings. The number of hydrogen-bond donors (Lipinski definition) is 1. The molecule has 0 radical (unpaired) electrons. The van der Waals surface area contributed by atoms with Gasteiger partial charge in [-0.1, -0.05) is 11.6 Å². The predicted octanol–water partition coefficient (Wildman–Crippen LogP) is 0.841. The molecule has 2 N–H and O–H groups in total. The van der Waals surface area contributed by atoms with Crippen LogP contribution in [-0.4, -0.2) is 19.6 Å². The van der Waals surface area contributed by atoms with Gasteiger partial charge in [-0.3, -0.25) is 0 Å². The van der Waals surface area contributed by atoms with E-state index in [1.807, 2.05) is 0 Å². The zero-order chi connectivity index (χ0) is 9.42. The first-order valence-electron chi connectivity index (χ1n) is 3.67. The highest BCUT2D eigenvalue weighted by Crippen LogP contribution is 2.23. The molecule has 68 valence electrons. The summed E-state index contributed by atoms with van der Waals surface area (Å²) in [5, 5.41) is 8.47. The van der Waals surface area contributed by atoms with Crippen LogP contribution in [0.1, 0.15) is 0 Å². The van der Waals surface area contributed by atoms with E-state index in [1.54, 1.807) is 30.1 Å². The smallest absolute Gasteiger partial charge is 0.175 e. The molecule has 2 aromatic heterocycles. The molecule has 0 saturated heterocycles. The van der Waals surface area contributed by atoms with Gasteiger partial charge in [0.15, 0.2) is 5.82 Å². The number of rotatable bonds is 1. The van der Waals surface area contributed by atoms with E-state index >= 15 is 0 Å². The maximum absolute atomic E-state index is 5.94. The Bertz CT molecular complexity index is 416. The summed E-state index contributed by atoms with van der Waals surface area (Å²) in [5.41, 5.74) is 5.66. The van der Waals surface area contributed by atoms with Gasteiger partial charge in [0.25, 0.3) is 0 Å². The van der Waals surface area contributed by atoms with Gasteiger partial charge in [0.05, 0.1) is 17.4 Å². The van der Waals surface area contributed by atoms with Crippen molar-refractivity contribution in [2.75, 3.05) is 5.73 Å². The van der Waals surface area contributed by atoms with E-state index in [1.165, 1.54) is 4.80 Å². The first-order chi connectivity index (χ1) is 6.20. The van der Waals surface area contributed by atoms with Crippen LogP contribution in [0.2, 0.25) is 5.02 Å². The van der Waals surface area contributed by atoms with Gasteiger partial charge >= 0.3 is 0 Å². The Morgan fingerprint density at radius 1 is 1.38 bits per heavy atom. The third-order valence-electron chi connectivity index (χ3n) is 1.80. The summed E-state index contributed by atoms with van der Waals surface area (Å²) in [4.78, 5) is 1.43. The Morgan fingerprint density at radius 3 is 2.46 bits per heavy atom. The van der Waals surface area contributed by atoms with Crippen LogP contribution >= 0.6 is 11.6 Å². The number of halogens is 1. The highest BCUT2D eigenvalue weighted by Gasteiger charge is 2.11. The lowest BCUT2D eigenvalue weighted by molar-refractivity contribution is 0.693. The standard InChI is InChI=1S/C7H8ClN5/c1-12-6(9)4-5(8)7(12)13-10-2-3-11-13/h2-4H,9H2,1H3. The van der Waals surface area contributed by atoms with Gasteiger partial charge in [0.1, 0.15) is 5.82 Å². The summed E-state index contributed by atoms with van der Waals surface area (Å²) < 4.78 is 1.72. The Kier molecular flexibility index (Phi) is 1.73. The van der Waals surface area contributed by atoms with E-state index in [2.05, 4.69) is 10.2 Å². The average Bonchev–Trinajstić information content (AvgIpc) is 2.63. The van der Waals surface area contributed by atoms with E-state index in [9.17, 15) is 0 Å². The Morgan fingerprint density at radius 2 is 2.00 bits per heavy atom. The Balaban J connectivity index is 2.64. The summed E-state index contributed by atoms with van der Waals surface area (Å²) in [5.74, 6) is 1.25. The first kappa shape index (κ1) is 8.12. The third kappa shape index (κ3) is 1.17. The highest BCUT2D eigenvalue weighted by molar-refractivity contribution is 6.32. The number of hydrogen-bond acceptors (Lipinski definition) is 3. The molecule has 5 nitrogen and oxygen atoms in total. The lowest BCUT2D eigenvalue weighted by atomic mass is 10.6. The van der Waals surface area contributed by atoms with Crippen LogP contribution in [0, 0.1) is 0 Å². The van der Waals surface area contributed by atoms with Crippen molar-refractivity contribution in [2.45, 2.75) is 0 Å². The van der Waals surface area contributed by atoms with Crippen LogP contribution in [0.4, 0.5) is 5.82 Å². The fraction of sp³-hybridized carbons (Fsp3) is 0.143. The molecule has 0 saturated carbocycles. The molecule has 0 aromatic carbocycles. The SMILES string of the molecule is Cn1c(N)cc(Cl)c1-n1nccn1. The zero-order valence-electron chi connectivity index (χ0n) is 6.98. The number of nitrogen functional groups attached to an aromatic ring is 1. The van der Waals surface area contributed by atoms with Gasteiger partial charge < -0.3 is 10.3 Å². The van der Waals surface area contributed by atoms with Crippen molar-refractivity contribution in [2.24, 2.45) is 7.05 Å². The summed E-state index contributed by atoms with van der Waals surface area (Å²) in [7, 11) is 1.81. The van der Waals surface area contributed by atoms with E-state index in [0.717, 1.165) is 0 Å². The zero-order valence-corrected chi connectivity index (χ0v) is 7.73. The summed E-state index contributed by atoms with van der Waals surface area (Å²) in [6, 6.07) is 1.67. The van der Waals surface area contributed by atoms with E-state index < -0.39 is 0 Å². The van der Waals surface area contributed by atoms with Crippen molar-refractivity contribution >= 4 is 17.4 Å². The first-order valence-corrected chi connectivity index (χ1v) is 4.05. The lowest BCUT2D eigenvalue weighted by Gasteiger charge is -2.02. The molecule has 0 spiro atoms. The van der Waals surface area contributed by atoms with Crippen molar-refractivity contribution in [1.29, 1.82) is 0 Å². The van der Waals surface area contributed by atoms with Crippen molar-refractivity contribution < 1.29 is 0 Å². The second kappa shape index (κ2) is 2.77. The molecule has 0 amide bonds. The number of aromatic nitrogens is 4. The summed E-state index contributed by atoms with van der Waals surface area (Å²) in [6.45, 7) is 0. The Hall–Kier alpha value is -1.49. The number of nitrogens with two attached hydrogens (primary N) is 1. The normalized spacial score (nSPS) is 10.6. The van der Waals surface area contributed by atoms with Crippen LogP contribution in [0.25, 0.3) is 5.82 Å². The molecule has 6 heteroatoms. The maximum Gasteiger partial charge on any atom is 0.175 e. The van der Waals surface area contributed by atoms with Gasteiger partial charge in [-0.15, -0.1) is 4.80 Å². The van der Waals surface area contributed by atoms with Crippen LogP contribution < -0.4 is 5.73 Å². The highest BCUT2D eigenvalue weighted by atomic mass is 35.5. The monoisotopic (exact) mass is 197 g/mol. The molecule has 2 aromatic rings. The largest absolute Gasteiger partial charge is 0.385 e. The molecule has 0 aliphatic carbocycles. The van der Waals surface area contributed by atoms with Crippen LogP contribution in [0.3, 0.4) is 0 Å². The molecule has 2 rings (SSSR count). The van der Waals surface area contributed by atoms with Gasteiger partial charge in [0, 0.05) is 13.1 Å². The van der Waals surface area contributed by atoms with Crippen molar-refractivity contribution in [3.05, 3.63) is 23.5 Å².